The van der Waals surface area contributed by atoms with E-state index in [4.69, 9.17) is 4.74 Å². The van der Waals surface area contributed by atoms with Gasteiger partial charge in [-0.3, -0.25) is 4.79 Å². The smallest absolute Gasteiger partial charge is 0.228 e. The number of methoxy groups -OCH3 is 1. The van der Waals surface area contributed by atoms with Gasteiger partial charge in [0.25, 0.3) is 0 Å². The second-order valence-corrected chi connectivity index (χ2v) is 3.68. The molecule has 0 bridgehead atoms. The van der Waals surface area contributed by atoms with Crippen LogP contribution in [0.15, 0.2) is 24.3 Å². The lowest BCUT2D eigenvalue weighted by Gasteiger charge is -2.12. The number of rotatable bonds is 5. The highest BCUT2D eigenvalue weighted by molar-refractivity contribution is 5.92. The predicted octanol–water partition coefficient (Wildman–Crippen LogP) is 1.91. The Labute approximate surface area is 108 Å². The molecular weight excluding hydrogens is 240 g/mol. The molecule has 5 heteroatoms. The zero-order valence-electron chi connectivity index (χ0n) is 10.3. The van der Waals surface area contributed by atoms with Crippen molar-refractivity contribution in [3.8, 4) is 5.75 Å². The first-order chi connectivity index (χ1) is 7.67. The van der Waals surface area contributed by atoms with Gasteiger partial charge in [-0.05, 0) is 19.2 Å². The summed E-state index contributed by atoms with van der Waals surface area (Å²) in [7, 11) is 3.43. The van der Waals surface area contributed by atoms with Crippen LogP contribution in [-0.2, 0) is 4.79 Å². The van der Waals surface area contributed by atoms with Crippen LogP contribution in [0.5, 0.6) is 5.75 Å². The third-order valence-corrected chi connectivity index (χ3v) is 2.30. The van der Waals surface area contributed by atoms with Gasteiger partial charge in [0, 0.05) is 24.2 Å². The van der Waals surface area contributed by atoms with Crippen LogP contribution in [0.4, 0.5) is 5.69 Å². The van der Waals surface area contributed by atoms with Crippen LogP contribution in [0.3, 0.4) is 0 Å². The summed E-state index contributed by atoms with van der Waals surface area (Å²) in [6.45, 7) is 2.54. The fraction of sp³-hybridized carbons (Fsp3) is 0.417. The Morgan fingerprint density at radius 1 is 1.47 bits per heavy atom. The van der Waals surface area contributed by atoms with Crippen LogP contribution in [0, 0.1) is 5.92 Å². The summed E-state index contributed by atoms with van der Waals surface area (Å²) in [5.41, 5.74) is 0.757. The van der Waals surface area contributed by atoms with E-state index in [9.17, 15) is 4.79 Å². The first-order valence-electron chi connectivity index (χ1n) is 5.27. The van der Waals surface area contributed by atoms with Gasteiger partial charge in [-0.25, -0.2) is 0 Å². The van der Waals surface area contributed by atoms with E-state index in [0.29, 0.717) is 6.54 Å². The van der Waals surface area contributed by atoms with E-state index in [-0.39, 0.29) is 24.2 Å². The van der Waals surface area contributed by atoms with Gasteiger partial charge < -0.3 is 15.4 Å². The van der Waals surface area contributed by atoms with Gasteiger partial charge in [0.05, 0.1) is 7.11 Å². The summed E-state index contributed by atoms with van der Waals surface area (Å²) in [4.78, 5) is 11.7. The zero-order valence-corrected chi connectivity index (χ0v) is 11.1. The normalized spacial score (nSPS) is 11.2. The van der Waals surface area contributed by atoms with E-state index in [1.807, 2.05) is 32.2 Å². The van der Waals surface area contributed by atoms with Crippen LogP contribution in [0.25, 0.3) is 0 Å². The van der Waals surface area contributed by atoms with Crippen molar-refractivity contribution in [2.45, 2.75) is 6.92 Å². The fourth-order valence-corrected chi connectivity index (χ4v) is 1.37. The first-order valence-corrected chi connectivity index (χ1v) is 5.27. The molecule has 0 aliphatic heterocycles. The van der Waals surface area contributed by atoms with Crippen molar-refractivity contribution in [3.63, 3.8) is 0 Å². The van der Waals surface area contributed by atoms with Crippen molar-refractivity contribution >= 4 is 24.0 Å². The number of ether oxygens (including phenoxy) is 1. The van der Waals surface area contributed by atoms with Crippen LogP contribution in [-0.4, -0.2) is 26.6 Å². The average Bonchev–Trinajstić information content (AvgIpc) is 2.29. The summed E-state index contributed by atoms with van der Waals surface area (Å²) in [6.07, 6.45) is 0. The topological polar surface area (TPSA) is 50.4 Å². The zero-order chi connectivity index (χ0) is 12.0. The van der Waals surface area contributed by atoms with E-state index in [0.717, 1.165) is 11.4 Å². The van der Waals surface area contributed by atoms with Crippen LogP contribution < -0.4 is 15.4 Å². The van der Waals surface area contributed by atoms with Gasteiger partial charge >= 0.3 is 0 Å². The van der Waals surface area contributed by atoms with Crippen LogP contribution >= 0.6 is 12.4 Å². The molecule has 2 N–H and O–H groups in total. The number of nitrogens with one attached hydrogen (secondary N) is 2. The number of carbonyl (C=O) groups excluding carboxylic acids is 1. The van der Waals surface area contributed by atoms with Gasteiger partial charge in [0.1, 0.15) is 5.75 Å². The molecule has 1 unspecified atom stereocenters. The van der Waals surface area contributed by atoms with Gasteiger partial charge in [0.15, 0.2) is 0 Å². The third-order valence-electron chi connectivity index (χ3n) is 2.30. The number of hydrogen-bond acceptors (Lipinski definition) is 3. The highest BCUT2D eigenvalue weighted by Gasteiger charge is 2.11. The number of hydrogen-bond donors (Lipinski definition) is 2. The van der Waals surface area contributed by atoms with E-state index in [1.165, 1.54) is 0 Å². The third kappa shape index (κ3) is 5.06. The molecule has 0 spiro atoms. The Morgan fingerprint density at radius 3 is 2.76 bits per heavy atom. The van der Waals surface area contributed by atoms with Crippen molar-refractivity contribution in [2.75, 3.05) is 26.0 Å². The molecule has 0 radical (unpaired) electrons. The van der Waals surface area contributed by atoms with Crippen LogP contribution in [0.1, 0.15) is 6.92 Å². The molecular formula is C12H19ClN2O2. The van der Waals surface area contributed by atoms with E-state index in [1.54, 1.807) is 13.2 Å². The number of carbonyl (C=O) groups is 1. The Morgan fingerprint density at radius 2 is 2.18 bits per heavy atom. The number of benzene rings is 1. The molecule has 0 aliphatic carbocycles. The standard InChI is InChI=1S/C12H18N2O2.ClH/c1-9(8-13-2)12(15)14-10-5-4-6-11(7-10)16-3;/h4-7,9,13H,8H2,1-3H3,(H,14,15);1H. The van der Waals surface area contributed by atoms with Crippen molar-refractivity contribution in [2.24, 2.45) is 5.92 Å². The van der Waals surface area contributed by atoms with Crippen LogP contribution in [0.2, 0.25) is 0 Å². The molecule has 1 amide bonds. The minimum atomic E-state index is -0.0591. The Balaban J connectivity index is 0.00000256. The molecule has 4 nitrogen and oxygen atoms in total. The molecule has 17 heavy (non-hydrogen) atoms. The minimum Gasteiger partial charge on any atom is -0.497 e. The molecule has 1 atom stereocenters. The summed E-state index contributed by atoms with van der Waals surface area (Å²) in [5.74, 6) is 0.679. The molecule has 0 saturated carbocycles. The SMILES string of the molecule is CNCC(C)C(=O)Nc1cccc(OC)c1.Cl. The van der Waals surface area contributed by atoms with Crippen molar-refractivity contribution in [1.29, 1.82) is 0 Å². The summed E-state index contributed by atoms with van der Waals surface area (Å²) in [6, 6.07) is 7.32. The Hall–Kier alpha value is -1.26. The molecule has 0 saturated heterocycles. The molecule has 0 aliphatic rings. The second kappa shape index (κ2) is 7.92. The molecule has 96 valence electrons. The van der Waals surface area contributed by atoms with Gasteiger partial charge in [-0.2, -0.15) is 0 Å². The maximum Gasteiger partial charge on any atom is 0.228 e. The lowest BCUT2D eigenvalue weighted by molar-refractivity contribution is -0.119. The molecule has 1 rings (SSSR count). The minimum absolute atomic E-state index is 0. The first kappa shape index (κ1) is 15.7. The number of amides is 1. The fourth-order valence-electron chi connectivity index (χ4n) is 1.37. The summed E-state index contributed by atoms with van der Waals surface area (Å²) >= 11 is 0. The maximum absolute atomic E-state index is 11.7. The highest BCUT2D eigenvalue weighted by Crippen LogP contribution is 2.17. The highest BCUT2D eigenvalue weighted by atomic mass is 35.5. The maximum atomic E-state index is 11.7. The lowest BCUT2D eigenvalue weighted by Crippen LogP contribution is -2.28. The molecule has 1 aromatic rings. The average molecular weight is 259 g/mol. The van der Waals surface area contributed by atoms with Crippen molar-refractivity contribution in [3.05, 3.63) is 24.3 Å². The Bertz CT molecular complexity index is 358. The molecule has 0 fully saturated rings. The van der Waals surface area contributed by atoms with Gasteiger partial charge in [-0.15, -0.1) is 12.4 Å². The summed E-state index contributed by atoms with van der Waals surface area (Å²) < 4.78 is 5.08. The lowest BCUT2D eigenvalue weighted by atomic mass is 10.1. The van der Waals surface area contributed by atoms with Crippen molar-refractivity contribution < 1.29 is 9.53 Å². The largest absolute Gasteiger partial charge is 0.497 e. The monoisotopic (exact) mass is 258 g/mol. The number of halogens is 1. The van der Waals surface area contributed by atoms with Gasteiger partial charge in [-0.1, -0.05) is 13.0 Å². The van der Waals surface area contributed by atoms with Crippen molar-refractivity contribution in [1.82, 2.24) is 5.32 Å². The summed E-state index contributed by atoms with van der Waals surface area (Å²) in [5, 5.41) is 5.81. The molecule has 1 aromatic carbocycles. The quantitative estimate of drug-likeness (QED) is 0.848. The predicted molar refractivity (Wildman–Crippen MR) is 72.0 cm³/mol. The van der Waals surface area contributed by atoms with E-state index >= 15 is 0 Å². The number of anilines is 1. The van der Waals surface area contributed by atoms with E-state index in [2.05, 4.69) is 10.6 Å². The second-order valence-electron chi connectivity index (χ2n) is 3.68. The Kier molecular flexibility index (Phi) is 7.34. The van der Waals surface area contributed by atoms with Gasteiger partial charge in [0.2, 0.25) is 5.91 Å². The molecule has 0 aromatic heterocycles. The van der Waals surface area contributed by atoms with E-state index < -0.39 is 0 Å². The molecule has 0 heterocycles.